The Balaban J connectivity index is 1.82. The van der Waals surface area contributed by atoms with Gasteiger partial charge in [0.15, 0.2) is 5.65 Å². The first-order valence-corrected chi connectivity index (χ1v) is 7.25. The molecule has 0 aromatic carbocycles. The summed E-state index contributed by atoms with van der Waals surface area (Å²) in [5.41, 5.74) is 0.316. The zero-order chi connectivity index (χ0) is 14.1. The molecule has 0 saturated carbocycles. The molecule has 7 heteroatoms. The maximum absolute atomic E-state index is 11.5. The van der Waals surface area contributed by atoms with Crippen LogP contribution in [-0.2, 0) is 6.42 Å². The van der Waals surface area contributed by atoms with Gasteiger partial charge in [-0.15, -0.1) is 11.3 Å². The molecule has 0 aliphatic rings. The largest absolute Gasteiger partial charge is 0.367 e. The molecule has 0 aliphatic heterocycles. The molecule has 1 unspecified atom stereocenters. The average molecular weight is 289 g/mol. The van der Waals surface area contributed by atoms with Crippen LogP contribution in [0.15, 0.2) is 28.4 Å². The minimum absolute atomic E-state index is 0.258. The smallest absolute Gasteiger partial charge is 0.349 e. The predicted molar refractivity (Wildman–Crippen MR) is 79.5 cm³/mol. The second kappa shape index (κ2) is 5.09. The van der Waals surface area contributed by atoms with Crippen molar-refractivity contribution in [1.82, 2.24) is 19.6 Å². The number of nitrogens with zero attached hydrogens (tertiary/aromatic N) is 3. The van der Waals surface area contributed by atoms with Crippen molar-refractivity contribution >= 4 is 22.8 Å². The molecule has 0 spiro atoms. The monoisotopic (exact) mass is 289 g/mol. The maximum atomic E-state index is 11.5. The highest BCUT2D eigenvalue weighted by Gasteiger charge is 2.09. The molecule has 0 saturated heterocycles. The van der Waals surface area contributed by atoms with Crippen molar-refractivity contribution in [2.24, 2.45) is 0 Å². The highest BCUT2D eigenvalue weighted by atomic mass is 32.1. The normalized spacial score (nSPS) is 12.7. The number of H-pyrrole nitrogens is 1. The van der Waals surface area contributed by atoms with Crippen LogP contribution in [0.3, 0.4) is 0 Å². The number of aryl methyl sites for hydroxylation is 1. The van der Waals surface area contributed by atoms with Crippen LogP contribution in [0.5, 0.6) is 0 Å². The van der Waals surface area contributed by atoms with Crippen LogP contribution in [0.2, 0.25) is 0 Å². The molecular formula is C13H15N5OS. The third-order valence-electron chi connectivity index (χ3n) is 3.05. The van der Waals surface area contributed by atoms with E-state index in [1.165, 1.54) is 9.28 Å². The van der Waals surface area contributed by atoms with E-state index in [-0.39, 0.29) is 11.7 Å². The summed E-state index contributed by atoms with van der Waals surface area (Å²) in [4.78, 5) is 17.3. The fourth-order valence-electron chi connectivity index (χ4n) is 2.21. The van der Waals surface area contributed by atoms with Gasteiger partial charge < -0.3 is 5.32 Å². The maximum Gasteiger partial charge on any atom is 0.349 e. The number of rotatable bonds is 4. The molecule has 3 aromatic rings. The highest BCUT2D eigenvalue weighted by molar-refractivity contribution is 7.09. The number of fused-ring (bicyclic) bond motifs is 1. The van der Waals surface area contributed by atoms with E-state index in [4.69, 9.17) is 0 Å². The van der Waals surface area contributed by atoms with Crippen LogP contribution < -0.4 is 11.0 Å². The van der Waals surface area contributed by atoms with Gasteiger partial charge in [-0.2, -0.15) is 5.10 Å². The number of aromatic nitrogens is 4. The highest BCUT2D eigenvalue weighted by Crippen LogP contribution is 2.14. The minimum Gasteiger partial charge on any atom is -0.367 e. The summed E-state index contributed by atoms with van der Waals surface area (Å²) in [5.74, 6) is 1.35. The van der Waals surface area contributed by atoms with Crippen molar-refractivity contribution in [3.63, 3.8) is 0 Å². The number of aromatic amines is 1. The average Bonchev–Trinajstić information content (AvgIpc) is 2.99. The summed E-state index contributed by atoms with van der Waals surface area (Å²) in [6.45, 7) is 3.90. The topological polar surface area (TPSA) is 75.1 Å². The first kappa shape index (κ1) is 12.9. The molecule has 1 atom stereocenters. The van der Waals surface area contributed by atoms with Crippen LogP contribution in [0, 0.1) is 6.92 Å². The lowest BCUT2D eigenvalue weighted by Gasteiger charge is -2.14. The first-order valence-electron chi connectivity index (χ1n) is 6.37. The van der Waals surface area contributed by atoms with Crippen LogP contribution in [0.4, 0.5) is 5.82 Å². The van der Waals surface area contributed by atoms with E-state index in [0.29, 0.717) is 11.5 Å². The number of thiophene rings is 1. The molecule has 20 heavy (non-hydrogen) atoms. The van der Waals surface area contributed by atoms with Crippen molar-refractivity contribution in [2.75, 3.05) is 5.32 Å². The summed E-state index contributed by atoms with van der Waals surface area (Å²) < 4.78 is 1.45. The molecule has 0 amide bonds. The molecular weight excluding hydrogens is 274 g/mol. The second-order valence-electron chi connectivity index (χ2n) is 4.74. The molecule has 104 valence electrons. The van der Waals surface area contributed by atoms with E-state index < -0.39 is 0 Å². The number of hydrogen-bond donors (Lipinski definition) is 2. The Labute approximate surface area is 119 Å². The van der Waals surface area contributed by atoms with Gasteiger partial charge in [0.1, 0.15) is 11.6 Å². The summed E-state index contributed by atoms with van der Waals surface area (Å²) in [5, 5.41) is 11.8. The molecule has 0 aliphatic carbocycles. The van der Waals surface area contributed by atoms with Crippen molar-refractivity contribution < 1.29 is 0 Å². The molecule has 3 aromatic heterocycles. The lowest BCUT2D eigenvalue weighted by atomic mass is 10.2. The van der Waals surface area contributed by atoms with Crippen LogP contribution in [0.25, 0.3) is 5.65 Å². The fraction of sp³-hybridized carbons (Fsp3) is 0.308. The van der Waals surface area contributed by atoms with Crippen molar-refractivity contribution in [2.45, 2.75) is 26.3 Å². The van der Waals surface area contributed by atoms with E-state index in [1.807, 2.05) is 0 Å². The van der Waals surface area contributed by atoms with Crippen LogP contribution >= 0.6 is 11.3 Å². The third-order valence-corrected chi connectivity index (χ3v) is 3.95. The van der Waals surface area contributed by atoms with Crippen molar-refractivity contribution in [3.05, 3.63) is 44.8 Å². The number of hydrogen-bond acceptors (Lipinski definition) is 5. The zero-order valence-electron chi connectivity index (χ0n) is 11.3. The van der Waals surface area contributed by atoms with Crippen LogP contribution in [0.1, 0.15) is 17.6 Å². The molecule has 0 fully saturated rings. The van der Waals surface area contributed by atoms with Gasteiger partial charge >= 0.3 is 5.69 Å². The Kier molecular flexibility index (Phi) is 3.27. The lowest BCUT2D eigenvalue weighted by molar-refractivity contribution is 0.790. The lowest BCUT2D eigenvalue weighted by Crippen LogP contribution is -2.20. The molecule has 2 N–H and O–H groups in total. The van der Waals surface area contributed by atoms with Gasteiger partial charge in [-0.3, -0.25) is 0 Å². The Morgan fingerprint density at radius 3 is 3.15 bits per heavy atom. The molecule has 0 bridgehead atoms. The summed E-state index contributed by atoms with van der Waals surface area (Å²) in [6.07, 6.45) is 0.941. The van der Waals surface area contributed by atoms with Crippen molar-refractivity contribution in [3.8, 4) is 0 Å². The summed E-state index contributed by atoms with van der Waals surface area (Å²) >= 11 is 1.75. The Morgan fingerprint density at radius 1 is 1.55 bits per heavy atom. The third kappa shape index (κ3) is 2.44. The van der Waals surface area contributed by atoms with Gasteiger partial charge in [-0.1, -0.05) is 6.07 Å². The molecule has 0 radical (unpaired) electrons. The van der Waals surface area contributed by atoms with Crippen LogP contribution in [-0.4, -0.2) is 25.6 Å². The molecule has 3 rings (SSSR count). The number of nitrogens with one attached hydrogen (secondary N) is 2. The minimum atomic E-state index is -0.261. The SMILES string of the molecule is Cc1nc(NC(C)Cc2cccs2)cc2n[nH]c(=O)n12. The van der Waals surface area contributed by atoms with Gasteiger partial charge in [0, 0.05) is 23.4 Å². The standard InChI is InChI=1S/C13H15N5OS/c1-8(6-10-4-3-5-20-10)14-11-7-12-16-17-13(19)18(12)9(2)15-11/h3-5,7-8,14H,6H2,1-2H3,(H,17,19). The van der Waals surface area contributed by atoms with E-state index in [1.54, 1.807) is 24.3 Å². The van der Waals surface area contributed by atoms with E-state index in [0.717, 1.165) is 12.2 Å². The van der Waals surface area contributed by atoms with E-state index in [9.17, 15) is 4.79 Å². The van der Waals surface area contributed by atoms with Gasteiger partial charge in [0.2, 0.25) is 0 Å². The van der Waals surface area contributed by atoms with Gasteiger partial charge in [-0.05, 0) is 25.3 Å². The number of anilines is 1. The van der Waals surface area contributed by atoms with E-state index >= 15 is 0 Å². The summed E-state index contributed by atoms with van der Waals surface area (Å²) in [6, 6.07) is 6.21. The second-order valence-corrected chi connectivity index (χ2v) is 5.77. The Hall–Kier alpha value is -2.15. The molecule has 6 nitrogen and oxygen atoms in total. The first-order chi connectivity index (χ1) is 9.63. The Bertz CT molecular complexity index is 774. The Morgan fingerprint density at radius 2 is 2.40 bits per heavy atom. The fourth-order valence-corrected chi connectivity index (χ4v) is 3.04. The van der Waals surface area contributed by atoms with Gasteiger partial charge in [0.05, 0.1) is 0 Å². The summed E-state index contributed by atoms with van der Waals surface area (Å²) in [7, 11) is 0. The quantitative estimate of drug-likeness (QED) is 0.768. The predicted octanol–water partition coefficient (Wildman–Crippen LogP) is 1.83. The van der Waals surface area contributed by atoms with Gasteiger partial charge in [-0.25, -0.2) is 19.3 Å². The molecule has 3 heterocycles. The van der Waals surface area contributed by atoms with E-state index in [2.05, 4.69) is 44.9 Å². The zero-order valence-corrected chi connectivity index (χ0v) is 12.1. The van der Waals surface area contributed by atoms with Crippen molar-refractivity contribution in [1.29, 1.82) is 0 Å². The van der Waals surface area contributed by atoms with Gasteiger partial charge in [0.25, 0.3) is 0 Å².